The molecular weight excluding hydrogens is 254 g/mol. The first-order chi connectivity index (χ1) is 9.72. The van der Waals surface area contributed by atoms with E-state index in [-0.39, 0.29) is 6.10 Å². The van der Waals surface area contributed by atoms with Gasteiger partial charge in [0, 0.05) is 19.4 Å². The first kappa shape index (κ1) is 15.0. The summed E-state index contributed by atoms with van der Waals surface area (Å²) in [6.45, 7) is 8.89. The highest BCUT2D eigenvalue weighted by Crippen LogP contribution is 2.31. The zero-order valence-electron chi connectivity index (χ0n) is 12.7. The van der Waals surface area contributed by atoms with Crippen LogP contribution in [0.15, 0.2) is 6.33 Å². The summed E-state index contributed by atoms with van der Waals surface area (Å²) < 4.78 is 11.5. The fourth-order valence-electron chi connectivity index (χ4n) is 2.33. The van der Waals surface area contributed by atoms with Crippen LogP contribution in [-0.2, 0) is 4.74 Å². The minimum Gasteiger partial charge on any atom is -0.474 e. The molecule has 5 nitrogen and oxygen atoms in total. The molecule has 0 radical (unpaired) electrons. The van der Waals surface area contributed by atoms with E-state index in [0.717, 1.165) is 56.3 Å². The van der Waals surface area contributed by atoms with E-state index in [1.165, 1.54) is 0 Å². The molecule has 1 saturated heterocycles. The Labute approximate surface area is 121 Å². The van der Waals surface area contributed by atoms with Gasteiger partial charge in [-0.15, -0.1) is 0 Å². The molecule has 1 aromatic heterocycles. The summed E-state index contributed by atoms with van der Waals surface area (Å²) in [7, 11) is 0. The summed E-state index contributed by atoms with van der Waals surface area (Å²) in [5.41, 5.74) is 1.08. The molecule has 0 amide bonds. The first-order valence-corrected chi connectivity index (χ1v) is 7.55. The normalized spacial score (nSPS) is 16.4. The fraction of sp³-hybridized carbons (Fsp3) is 0.733. The molecule has 1 aliphatic rings. The predicted octanol–water partition coefficient (Wildman–Crippen LogP) is 2.98. The molecule has 1 aliphatic heterocycles. The number of nitrogens with one attached hydrogen (secondary N) is 1. The molecule has 1 aromatic rings. The van der Waals surface area contributed by atoms with Gasteiger partial charge in [-0.25, -0.2) is 9.97 Å². The summed E-state index contributed by atoms with van der Waals surface area (Å²) in [5.74, 6) is 1.95. The highest BCUT2D eigenvalue weighted by molar-refractivity contribution is 5.50. The summed E-state index contributed by atoms with van der Waals surface area (Å²) in [4.78, 5) is 8.71. The number of aromatic nitrogens is 2. The number of hydrogen-bond acceptors (Lipinski definition) is 5. The van der Waals surface area contributed by atoms with Gasteiger partial charge in [0.25, 0.3) is 0 Å². The van der Waals surface area contributed by atoms with Crippen molar-refractivity contribution in [1.29, 1.82) is 0 Å². The molecule has 1 N–H and O–H groups in total. The van der Waals surface area contributed by atoms with E-state index in [0.29, 0.717) is 5.92 Å². The molecule has 0 bridgehead atoms. The quantitative estimate of drug-likeness (QED) is 0.867. The number of rotatable bonds is 6. The second-order valence-corrected chi connectivity index (χ2v) is 5.45. The van der Waals surface area contributed by atoms with E-state index >= 15 is 0 Å². The van der Waals surface area contributed by atoms with Crippen molar-refractivity contribution in [2.75, 3.05) is 25.1 Å². The maximum atomic E-state index is 6.10. The minimum absolute atomic E-state index is 0.204. The molecule has 0 unspecified atom stereocenters. The van der Waals surface area contributed by atoms with Crippen molar-refractivity contribution >= 4 is 5.82 Å². The Morgan fingerprint density at radius 2 is 2.10 bits per heavy atom. The van der Waals surface area contributed by atoms with Gasteiger partial charge >= 0.3 is 0 Å². The Morgan fingerprint density at radius 3 is 2.75 bits per heavy atom. The summed E-state index contributed by atoms with van der Waals surface area (Å²) in [6, 6.07) is 0. The van der Waals surface area contributed by atoms with E-state index in [1.54, 1.807) is 6.33 Å². The average Bonchev–Trinajstić information content (AvgIpc) is 2.46. The third-order valence-corrected chi connectivity index (χ3v) is 3.41. The SMILES string of the molecule is CCCNc1ncnc(OC2CCOCC2)c1C(C)C. The lowest BCUT2D eigenvalue weighted by Crippen LogP contribution is -2.27. The number of ether oxygens (including phenoxy) is 2. The van der Waals surface area contributed by atoms with Crippen LogP contribution in [0.2, 0.25) is 0 Å². The summed E-state index contributed by atoms with van der Waals surface area (Å²) in [5, 5.41) is 3.37. The van der Waals surface area contributed by atoms with Crippen molar-refractivity contribution in [3.63, 3.8) is 0 Å². The second-order valence-electron chi connectivity index (χ2n) is 5.45. The molecule has 0 spiro atoms. The highest BCUT2D eigenvalue weighted by atomic mass is 16.5. The van der Waals surface area contributed by atoms with Crippen LogP contribution >= 0.6 is 0 Å². The molecule has 2 rings (SSSR count). The maximum absolute atomic E-state index is 6.10. The number of hydrogen-bond donors (Lipinski definition) is 1. The molecule has 20 heavy (non-hydrogen) atoms. The van der Waals surface area contributed by atoms with Gasteiger partial charge < -0.3 is 14.8 Å². The Bertz CT molecular complexity index is 418. The summed E-state index contributed by atoms with van der Waals surface area (Å²) in [6.07, 6.45) is 4.71. The van der Waals surface area contributed by atoms with Gasteiger partial charge in [0.1, 0.15) is 18.2 Å². The first-order valence-electron chi connectivity index (χ1n) is 7.55. The molecule has 2 heterocycles. The Morgan fingerprint density at radius 1 is 1.35 bits per heavy atom. The Balaban J connectivity index is 2.17. The fourth-order valence-corrected chi connectivity index (χ4v) is 2.33. The Kier molecular flexibility index (Phi) is 5.59. The van der Waals surface area contributed by atoms with Gasteiger partial charge in [-0.2, -0.15) is 0 Å². The summed E-state index contributed by atoms with van der Waals surface area (Å²) >= 11 is 0. The minimum atomic E-state index is 0.204. The van der Waals surface area contributed by atoms with Gasteiger partial charge in [-0.05, 0) is 12.3 Å². The number of anilines is 1. The van der Waals surface area contributed by atoms with E-state index in [1.807, 2.05) is 0 Å². The second kappa shape index (κ2) is 7.43. The zero-order valence-corrected chi connectivity index (χ0v) is 12.7. The molecule has 1 fully saturated rings. The van der Waals surface area contributed by atoms with Gasteiger partial charge in [-0.3, -0.25) is 0 Å². The standard InChI is InChI=1S/C15H25N3O2/c1-4-7-16-14-13(11(2)3)15(18-10-17-14)20-12-5-8-19-9-6-12/h10-12H,4-9H2,1-3H3,(H,16,17,18). The zero-order chi connectivity index (χ0) is 14.4. The van der Waals surface area contributed by atoms with E-state index in [4.69, 9.17) is 9.47 Å². The van der Waals surface area contributed by atoms with Gasteiger partial charge in [0.2, 0.25) is 5.88 Å². The van der Waals surface area contributed by atoms with Crippen LogP contribution in [0.5, 0.6) is 5.88 Å². The number of nitrogens with zero attached hydrogens (tertiary/aromatic N) is 2. The molecule has 5 heteroatoms. The highest BCUT2D eigenvalue weighted by Gasteiger charge is 2.21. The van der Waals surface area contributed by atoms with E-state index in [2.05, 4.69) is 36.1 Å². The molecular formula is C15H25N3O2. The average molecular weight is 279 g/mol. The van der Waals surface area contributed by atoms with Gasteiger partial charge in [-0.1, -0.05) is 20.8 Å². The topological polar surface area (TPSA) is 56.3 Å². The van der Waals surface area contributed by atoms with Crippen molar-refractivity contribution in [2.24, 2.45) is 0 Å². The van der Waals surface area contributed by atoms with Crippen LogP contribution in [0.25, 0.3) is 0 Å². The van der Waals surface area contributed by atoms with E-state index < -0.39 is 0 Å². The maximum Gasteiger partial charge on any atom is 0.222 e. The van der Waals surface area contributed by atoms with Crippen molar-refractivity contribution in [3.05, 3.63) is 11.9 Å². The molecule has 112 valence electrons. The smallest absolute Gasteiger partial charge is 0.222 e. The monoisotopic (exact) mass is 279 g/mol. The predicted molar refractivity (Wildman–Crippen MR) is 79.4 cm³/mol. The lowest BCUT2D eigenvalue weighted by atomic mass is 10.0. The van der Waals surface area contributed by atoms with Crippen molar-refractivity contribution in [3.8, 4) is 5.88 Å². The van der Waals surface area contributed by atoms with E-state index in [9.17, 15) is 0 Å². The van der Waals surface area contributed by atoms with Crippen LogP contribution in [0.3, 0.4) is 0 Å². The Hall–Kier alpha value is -1.36. The van der Waals surface area contributed by atoms with Gasteiger partial charge in [0.05, 0.1) is 18.8 Å². The van der Waals surface area contributed by atoms with Crippen LogP contribution < -0.4 is 10.1 Å². The van der Waals surface area contributed by atoms with Crippen LogP contribution in [0.1, 0.15) is 51.5 Å². The molecule has 0 atom stereocenters. The van der Waals surface area contributed by atoms with Crippen molar-refractivity contribution in [2.45, 2.75) is 52.1 Å². The largest absolute Gasteiger partial charge is 0.474 e. The molecule has 0 aliphatic carbocycles. The van der Waals surface area contributed by atoms with Crippen LogP contribution in [-0.4, -0.2) is 35.8 Å². The molecule has 0 saturated carbocycles. The van der Waals surface area contributed by atoms with Crippen LogP contribution in [0, 0.1) is 0 Å². The van der Waals surface area contributed by atoms with Crippen molar-refractivity contribution < 1.29 is 9.47 Å². The third kappa shape index (κ3) is 3.82. The third-order valence-electron chi connectivity index (χ3n) is 3.41. The molecule has 0 aromatic carbocycles. The van der Waals surface area contributed by atoms with Crippen molar-refractivity contribution in [1.82, 2.24) is 9.97 Å². The lowest BCUT2D eigenvalue weighted by molar-refractivity contribution is 0.0232. The van der Waals surface area contributed by atoms with Gasteiger partial charge in [0.15, 0.2) is 0 Å². The van der Waals surface area contributed by atoms with Crippen LogP contribution in [0.4, 0.5) is 5.82 Å². The lowest BCUT2D eigenvalue weighted by Gasteiger charge is -2.25.